The lowest BCUT2D eigenvalue weighted by Gasteiger charge is -2.36. The Kier molecular flexibility index (Phi) is 5.55. The number of piperazine rings is 1. The van der Waals surface area contributed by atoms with Gasteiger partial charge in [-0.1, -0.05) is 12.1 Å². The Morgan fingerprint density at radius 3 is 1.97 bits per heavy atom. The van der Waals surface area contributed by atoms with Gasteiger partial charge in [0.15, 0.2) is 0 Å². The van der Waals surface area contributed by atoms with Gasteiger partial charge in [0.05, 0.1) is 22.8 Å². The smallest absolute Gasteiger partial charge is 0.399 e. The summed E-state index contributed by atoms with van der Waals surface area (Å²) in [5.41, 5.74) is 2.62. The molecule has 2 fully saturated rings. The van der Waals surface area contributed by atoms with Gasteiger partial charge in [-0.15, -0.1) is 0 Å². The Morgan fingerprint density at radius 2 is 1.45 bits per heavy atom. The van der Waals surface area contributed by atoms with E-state index in [-0.39, 0.29) is 24.2 Å². The van der Waals surface area contributed by atoms with Gasteiger partial charge in [0.1, 0.15) is 0 Å². The van der Waals surface area contributed by atoms with Crippen molar-refractivity contribution in [3.63, 3.8) is 0 Å². The maximum absolute atomic E-state index is 12.7. The predicted molar refractivity (Wildman–Crippen MR) is 121 cm³/mol. The maximum Gasteiger partial charge on any atom is 0.494 e. The molecule has 160 valence electrons. The van der Waals surface area contributed by atoms with Crippen molar-refractivity contribution in [3.05, 3.63) is 59.7 Å². The summed E-state index contributed by atoms with van der Waals surface area (Å²) in [5.74, 6) is 0.0141. The molecule has 1 amide bonds. The van der Waals surface area contributed by atoms with Crippen molar-refractivity contribution in [1.29, 1.82) is 5.26 Å². The number of hydrogen-bond donors (Lipinski definition) is 0. The first-order chi connectivity index (χ1) is 14.7. The summed E-state index contributed by atoms with van der Waals surface area (Å²) < 4.78 is 12.3. The van der Waals surface area contributed by atoms with E-state index < -0.39 is 0 Å². The Hall–Kier alpha value is -2.82. The Labute approximate surface area is 184 Å². The number of nitriles is 1. The van der Waals surface area contributed by atoms with Crippen LogP contribution in [0.4, 0.5) is 5.69 Å². The normalized spacial score (nSPS) is 19.9. The summed E-state index contributed by atoms with van der Waals surface area (Å²) in [5, 5.41) is 8.91. The predicted octanol–water partition coefficient (Wildman–Crippen LogP) is 2.82. The van der Waals surface area contributed by atoms with Crippen LogP contribution in [0.15, 0.2) is 48.5 Å². The van der Waals surface area contributed by atoms with Gasteiger partial charge in [-0.25, -0.2) is 0 Å². The molecule has 4 rings (SSSR count). The van der Waals surface area contributed by atoms with E-state index in [1.165, 1.54) is 0 Å². The summed E-state index contributed by atoms with van der Waals surface area (Å²) in [6.45, 7) is 11.1. The zero-order valence-electron chi connectivity index (χ0n) is 18.6. The fraction of sp³-hybridized carbons (Fsp3) is 0.417. The van der Waals surface area contributed by atoms with Crippen LogP contribution >= 0.6 is 0 Å². The maximum atomic E-state index is 12.7. The van der Waals surface area contributed by atoms with Gasteiger partial charge in [-0.2, -0.15) is 5.26 Å². The molecule has 7 heteroatoms. The lowest BCUT2D eigenvalue weighted by atomic mass is 9.79. The van der Waals surface area contributed by atoms with Gasteiger partial charge in [-0.3, -0.25) is 4.79 Å². The monoisotopic (exact) mass is 417 g/mol. The first kappa shape index (κ1) is 21.4. The molecule has 0 bridgehead atoms. The minimum absolute atomic E-state index is 0.0141. The summed E-state index contributed by atoms with van der Waals surface area (Å²) in [7, 11) is -0.360. The highest BCUT2D eigenvalue weighted by Gasteiger charge is 2.51. The largest absolute Gasteiger partial charge is 0.494 e. The minimum atomic E-state index is -0.360. The fourth-order valence-corrected chi connectivity index (χ4v) is 3.86. The van der Waals surface area contributed by atoms with Crippen LogP contribution in [0.3, 0.4) is 0 Å². The number of carbonyl (C=O) groups excluding carboxylic acids is 1. The molecular formula is C24H28BN3O3. The molecule has 0 unspecified atom stereocenters. The van der Waals surface area contributed by atoms with E-state index in [1.54, 1.807) is 24.3 Å². The second-order valence-electron chi connectivity index (χ2n) is 9.15. The van der Waals surface area contributed by atoms with Gasteiger partial charge in [0.2, 0.25) is 0 Å². The number of anilines is 1. The van der Waals surface area contributed by atoms with E-state index in [4.69, 9.17) is 14.6 Å². The second kappa shape index (κ2) is 8.03. The highest BCUT2D eigenvalue weighted by Crippen LogP contribution is 2.36. The van der Waals surface area contributed by atoms with Crippen molar-refractivity contribution in [2.75, 3.05) is 31.1 Å². The van der Waals surface area contributed by atoms with Crippen LogP contribution in [0.2, 0.25) is 0 Å². The van der Waals surface area contributed by atoms with Crippen LogP contribution in [-0.4, -0.2) is 55.3 Å². The molecule has 2 saturated heterocycles. The van der Waals surface area contributed by atoms with E-state index in [0.717, 1.165) is 24.2 Å². The average Bonchev–Trinajstić information content (AvgIpc) is 3.00. The van der Waals surface area contributed by atoms with Gasteiger partial charge in [-0.05, 0) is 69.6 Å². The fourth-order valence-electron chi connectivity index (χ4n) is 3.86. The SMILES string of the molecule is CC1(C)OB(c2ccc(N3CCN(C(=O)c4ccc(C#N)cc4)CC3)cc2)OC1(C)C. The van der Waals surface area contributed by atoms with E-state index in [2.05, 4.69) is 62.9 Å². The van der Waals surface area contributed by atoms with Crippen molar-refractivity contribution in [3.8, 4) is 6.07 Å². The van der Waals surface area contributed by atoms with Crippen molar-refractivity contribution in [1.82, 2.24) is 4.90 Å². The van der Waals surface area contributed by atoms with Gasteiger partial charge in [0, 0.05) is 37.4 Å². The zero-order chi connectivity index (χ0) is 22.2. The van der Waals surface area contributed by atoms with E-state index in [0.29, 0.717) is 24.2 Å². The third-order valence-electron chi connectivity index (χ3n) is 6.61. The Bertz CT molecular complexity index is 972. The van der Waals surface area contributed by atoms with Crippen molar-refractivity contribution in [2.45, 2.75) is 38.9 Å². The highest BCUT2D eigenvalue weighted by atomic mass is 16.7. The molecule has 0 radical (unpaired) electrons. The molecule has 2 aliphatic heterocycles. The van der Waals surface area contributed by atoms with E-state index >= 15 is 0 Å². The number of benzene rings is 2. The lowest BCUT2D eigenvalue weighted by Crippen LogP contribution is -2.48. The molecule has 2 aromatic rings. The lowest BCUT2D eigenvalue weighted by molar-refractivity contribution is 0.00578. The molecule has 2 aliphatic rings. The van der Waals surface area contributed by atoms with Crippen molar-refractivity contribution in [2.24, 2.45) is 0 Å². The first-order valence-electron chi connectivity index (χ1n) is 10.7. The van der Waals surface area contributed by atoms with Crippen LogP contribution < -0.4 is 10.4 Å². The number of hydrogen-bond acceptors (Lipinski definition) is 5. The number of nitrogens with zero attached hydrogens (tertiary/aromatic N) is 3. The zero-order valence-corrected chi connectivity index (χ0v) is 18.6. The van der Waals surface area contributed by atoms with Gasteiger partial charge in [0.25, 0.3) is 5.91 Å². The molecule has 0 spiro atoms. The van der Waals surface area contributed by atoms with Gasteiger partial charge < -0.3 is 19.1 Å². The highest BCUT2D eigenvalue weighted by molar-refractivity contribution is 6.62. The van der Waals surface area contributed by atoms with Crippen LogP contribution in [-0.2, 0) is 9.31 Å². The molecule has 6 nitrogen and oxygen atoms in total. The molecule has 0 N–H and O–H groups in total. The summed E-state index contributed by atoms with van der Waals surface area (Å²) in [4.78, 5) is 16.9. The minimum Gasteiger partial charge on any atom is -0.399 e. The molecule has 0 aromatic heterocycles. The van der Waals surface area contributed by atoms with Crippen LogP contribution in [0.25, 0.3) is 0 Å². The molecule has 31 heavy (non-hydrogen) atoms. The number of amides is 1. The molecule has 2 aromatic carbocycles. The average molecular weight is 417 g/mol. The van der Waals surface area contributed by atoms with Gasteiger partial charge >= 0.3 is 7.12 Å². The third kappa shape index (κ3) is 4.19. The molecule has 0 atom stereocenters. The second-order valence-corrected chi connectivity index (χ2v) is 9.15. The topological polar surface area (TPSA) is 65.8 Å². The van der Waals surface area contributed by atoms with Crippen LogP contribution in [0, 0.1) is 11.3 Å². The summed E-state index contributed by atoms with van der Waals surface area (Å²) in [6.07, 6.45) is 0. The van der Waals surface area contributed by atoms with Crippen LogP contribution in [0.5, 0.6) is 0 Å². The van der Waals surface area contributed by atoms with E-state index in [9.17, 15) is 4.79 Å². The molecule has 2 heterocycles. The van der Waals surface area contributed by atoms with Crippen molar-refractivity contribution >= 4 is 24.2 Å². The molecule has 0 saturated carbocycles. The quantitative estimate of drug-likeness (QED) is 0.719. The Balaban J connectivity index is 1.36. The summed E-state index contributed by atoms with van der Waals surface area (Å²) >= 11 is 0. The Morgan fingerprint density at radius 1 is 0.903 bits per heavy atom. The molecule has 0 aliphatic carbocycles. The number of rotatable bonds is 3. The third-order valence-corrected chi connectivity index (χ3v) is 6.61. The number of carbonyl (C=O) groups is 1. The van der Waals surface area contributed by atoms with Crippen molar-refractivity contribution < 1.29 is 14.1 Å². The van der Waals surface area contributed by atoms with Crippen LogP contribution in [0.1, 0.15) is 43.6 Å². The summed E-state index contributed by atoms with van der Waals surface area (Å²) in [6, 6.07) is 17.2. The first-order valence-corrected chi connectivity index (χ1v) is 10.7. The standard InChI is InChI=1S/C24H28BN3O3/c1-23(2)24(3,4)31-25(30-23)20-9-11-21(12-10-20)27-13-15-28(16-14-27)22(29)19-7-5-18(17-26)6-8-19/h5-12H,13-16H2,1-4H3. The molecular weight excluding hydrogens is 389 g/mol. The van der Waals surface area contributed by atoms with E-state index in [1.807, 2.05) is 4.90 Å².